The molecule has 0 bridgehead atoms. The third kappa shape index (κ3) is 2.69. The van der Waals surface area contributed by atoms with Crippen molar-refractivity contribution in [1.82, 2.24) is 4.90 Å². The molecule has 104 valence electrons. The van der Waals surface area contributed by atoms with Gasteiger partial charge in [-0.15, -0.1) is 0 Å². The summed E-state index contributed by atoms with van der Waals surface area (Å²) in [7, 11) is 0. The number of nitrogens with two attached hydrogens (primary N) is 1. The molecule has 2 aliphatic rings. The van der Waals surface area contributed by atoms with E-state index in [1.807, 2.05) is 11.8 Å². The van der Waals surface area contributed by atoms with Crippen molar-refractivity contribution in [3.8, 4) is 0 Å². The summed E-state index contributed by atoms with van der Waals surface area (Å²) in [6.45, 7) is 3.42. The molecule has 1 heterocycles. The summed E-state index contributed by atoms with van der Waals surface area (Å²) in [5.74, 6) is 0.335. The Balaban J connectivity index is 1.96. The second kappa shape index (κ2) is 5.57. The summed E-state index contributed by atoms with van der Waals surface area (Å²) in [6.07, 6.45) is 6.66. The molecule has 1 aliphatic heterocycles. The zero-order valence-corrected chi connectivity index (χ0v) is 11.4. The molecule has 1 saturated carbocycles. The maximum Gasteiger partial charge on any atom is 0.239 e. The van der Waals surface area contributed by atoms with Crippen LogP contribution < -0.4 is 5.73 Å². The second-order valence-electron chi connectivity index (χ2n) is 5.98. The lowest BCUT2D eigenvalue weighted by Crippen LogP contribution is -2.57. The molecule has 1 saturated heterocycles. The molecule has 0 aromatic carbocycles. The minimum atomic E-state index is -0.510. The molecule has 1 aliphatic carbocycles. The molecule has 2 rings (SSSR count). The Hall–Kier alpha value is -0.610. The lowest BCUT2D eigenvalue weighted by Gasteiger charge is -2.47. The molecule has 1 amide bonds. The number of fused-ring (bicyclic) bond motifs is 1. The van der Waals surface area contributed by atoms with Gasteiger partial charge in [-0.1, -0.05) is 26.2 Å². The van der Waals surface area contributed by atoms with Crippen LogP contribution in [0.25, 0.3) is 0 Å². The van der Waals surface area contributed by atoms with Crippen molar-refractivity contribution in [2.45, 2.75) is 63.5 Å². The Morgan fingerprint density at radius 2 is 2.28 bits per heavy atom. The zero-order chi connectivity index (χ0) is 13.2. The molecule has 2 fully saturated rings. The number of piperidine rings is 1. The van der Waals surface area contributed by atoms with E-state index in [-0.39, 0.29) is 17.9 Å². The number of amides is 1. The highest BCUT2D eigenvalue weighted by Crippen LogP contribution is 2.39. The average molecular weight is 254 g/mol. The number of hydrogen-bond donors (Lipinski definition) is 2. The maximum atomic E-state index is 12.2. The predicted molar refractivity (Wildman–Crippen MR) is 71.0 cm³/mol. The average Bonchev–Trinajstić information content (AvgIpc) is 2.37. The number of carbonyl (C=O) groups is 1. The first-order valence-corrected chi connectivity index (χ1v) is 7.33. The molecule has 18 heavy (non-hydrogen) atoms. The van der Waals surface area contributed by atoms with E-state index >= 15 is 0 Å². The first-order valence-electron chi connectivity index (χ1n) is 7.33. The summed E-state index contributed by atoms with van der Waals surface area (Å²) in [6, 6.07) is -0.357. The van der Waals surface area contributed by atoms with Crippen LogP contribution in [-0.2, 0) is 4.79 Å². The number of aliphatic hydroxyl groups is 1. The maximum absolute atomic E-state index is 12.2. The van der Waals surface area contributed by atoms with Gasteiger partial charge in [0.2, 0.25) is 5.91 Å². The van der Waals surface area contributed by atoms with Crippen molar-refractivity contribution in [3.63, 3.8) is 0 Å². The van der Waals surface area contributed by atoms with Gasteiger partial charge < -0.3 is 15.7 Å². The molecule has 0 spiro atoms. The van der Waals surface area contributed by atoms with Gasteiger partial charge >= 0.3 is 0 Å². The highest BCUT2D eigenvalue weighted by molar-refractivity contribution is 5.81. The van der Waals surface area contributed by atoms with Crippen LogP contribution in [0.1, 0.15) is 51.9 Å². The van der Waals surface area contributed by atoms with E-state index in [1.54, 1.807) is 0 Å². The van der Waals surface area contributed by atoms with Crippen molar-refractivity contribution in [1.29, 1.82) is 0 Å². The number of nitrogens with zero attached hydrogens (tertiary/aromatic N) is 1. The van der Waals surface area contributed by atoms with E-state index in [4.69, 9.17) is 5.73 Å². The fourth-order valence-corrected chi connectivity index (χ4v) is 3.44. The summed E-state index contributed by atoms with van der Waals surface area (Å²) in [5.41, 5.74) is 5.40. The third-order valence-electron chi connectivity index (χ3n) is 4.66. The Labute approximate surface area is 110 Å². The molecule has 4 heteroatoms. The molecule has 3 N–H and O–H groups in total. The van der Waals surface area contributed by atoms with Crippen LogP contribution in [-0.4, -0.2) is 40.6 Å². The molecule has 3 atom stereocenters. The molecule has 0 aromatic rings. The topological polar surface area (TPSA) is 66.6 Å². The lowest BCUT2D eigenvalue weighted by atomic mass is 9.71. The van der Waals surface area contributed by atoms with Gasteiger partial charge in [-0.05, 0) is 25.7 Å². The minimum absolute atomic E-state index is 0.0736. The van der Waals surface area contributed by atoms with E-state index in [1.165, 1.54) is 6.42 Å². The van der Waals surface area contributed by atoms with Gasteiger partial charge in [0.15, 0.2) is 0 Å². The second-order valence-corrected chi connectivity index (χ2v) is 5.98. The summed E-state index contributed by atoms with van der Waals surface area (Å²) in [4.78, 5) is 14.1. The number of carbonyl (C=O) groups excluding carboxylic acids is 1. The third-order valence-corrected chi connectivity index (χ3v) is 4.66. The van der Waals surface area contributed by atoms with Crippen LogP contribution in [0.15, 0.2) is 0 Å². The van der Waals surface area contributed by atoms with Crippen molar-refractivity contribution in [3.05, 3.63) is 0 Å². The molecule has 0 aromatic heterocycles. The quantitative estimate of drug-likeness (QED) is 0.797. The summed E-state index contributed by atoms with van der Waals surface area (Å²) < 4.78 is 0. The largest absolute Gasteiger partial charge is 0.389 e. The van der Waals surface area contributed by atoms with Gasteiger partial charge in [0, 0.05) is 19.0 Å². The van der Waals surface area contributed by atoms with Gasteiger partial charge in [-0.2, -0.15) is 0 Å². The molecule has 4 nitrogen and oxygen atoms in total. The van der Waals surface area contributed by atoms with Crippen molar-refractivity contribution >= 4 is 5.91 Å². The van der Waals surface area contributed by atoms with Crippen LogP contribution >= 0.6 is 0 Å². The summed E-state index contributed by atoms with van der Waals surface area (Å²) >= 11 is 0. The zero-order valence-electron chi connectivity index (χ0n) is 11.4. The molecular formula is C14H26N2O2. The Morgan fingerprint density at radius 3 is 3.00 bits per heavy atom. The van der Waals surface area contributed by atoms with E-state index in [0.29, 0.717) is 13.1 Å². The Morgan fingerprint density at radius 1 is 1.50 bits per heavy atom. The van der Waals surface area contributed by atoms with Gasteiger partial charge in [-0.25, -0.2) is 0 Å². The number of rotatable bonds is 3. The smallest absolute Gasteiger partial charge is 0.239 e. The summed E-state index contributed by atoms with van der Waals surface area (Å²) in [5, 5.41) is 10.6. The SMILES string of the molecule is CCCC(N)C(=O)N1CCC2(O)CCCCC2C1. The molecule has 3 unspecified atom stereocenters. The highest BCUT2D eigenvalue weighted by atomic mass is 16.3. The van der Waals surface area contributed by atoms with Crippen molar-refractivity contribution in [2.75, 3.05) is 13.1 Å². The molecule has 0 radical (unpaired) electrons. The van der Waals surface area contributed by atoms with Gasteiger partial charge in [0.25, 0.3) is 0 Å². The van der Waals surface area contributed by atoms with E-state index in [0.717, 1.165) is 38.5 Å². The number of likely N-dealkylation sites (tertiary alicyclic amines) is 1. The van der Waals surface area contributed by atoms with Crippen LogP contribution in [0.5, 0.6) is 0 Å². The van der Waals surface area contributed by atoms with E-state index < -0.39 is 5.60 Å². The lowest BCUT2D eigenvalue weighted by molar-refractivity contribution is -0.144. The van der Waals surface area contributed by atoms with Crippen molar-refractivity contribution in [2.24, 2.45) is 11.7 Å². The molecular weight excluding hydrogens is 228 g/mol. The van der Waals surface area contributed by atoms with Crippen LogP contribution in [0.4, 0.5) is 0 Å². The predicted octanol–water partition coefficient (Wildman–Crippen LogP) is 1.27. The first kappa shape index (κ1) is 13.8. The van der Waals surface area contributed by atoms with E-state index in [2.05, 4.69) is 0 Å². The Kier molecular flexibility index (Phi) is 4.28. The normalized spacial score (nSPS) is 33.9. The van der Waals surface area contributed by atoms with Gasteiger partial charge in [-0.3, -0.25) is 4.79 Å². The monoisotopic (exact) mass is 254 g/mol. The standard InChI is InChI=1S/C14H26N2O2/c1-2-5-12(15)13(17)16-9-8-14(18)7-4-3-6-11(14)10-16/h11-12,18H,2-10,15H2,1H3. The van der Waals surface area contributed by atoms with Crippen molar-refractivity contribution < 1.29 is 9.90 Å². The van der Waals surface area contributed by atoms with Gasteiger partial charge in [0.1, 0.15) is 0 Å². The minimum Gasteiger partial charge on any atom is -0.389 e. The fourth-order valence-electron chi connectivity index (χ4n) is 3.44. The highest BCUT2D eigenvalue weighted by Gasteiger charge is 2.44. The van der Waals surface area contributed by atoms with Crippen LogP contribution in [0.2, 0.25) is 0 Å². The van der Waals surface area contributed by atoms with Crippen LogP contribution in [0.3, 0.4) is 0 Å². The Bertz CT molecular complexity index is 308. The van der Waals surface area contributed by atoms with Gasteiger partial charge in [0.05, 0.1) is 11.6 Å². The fraction of sp³-hybridized carbons (Fsp3) is 0.929. The first-order chi connectivity index (χ1) is 8.57. The van der Waals surface area contributed by atoms with Crippen LogP contribution in [0, 0.1) is 5.92 Å². The van der Waals surface area contributed by atoms with E-state index in [9.17, 15) is 9.90 Å². The number of hydrogen-bond acceptors (Lipinski definition) is 3.